The summed E-state index contributed by atoms with van der Waals surface area (Å²) in [5, 5.41) is 12.5. The first kappa shape index (κ1) is 30.3. The van der Waals surface area contributed by atoms with E-state index in [1.54, 1.807) is 0 Å². The second-order valence-corrected chi connectivity index (χ2v) is 16.9. The van der Waals surface area contributed by atoms with E-state index in [1.165, 1.54) is 59.5 Å². The Bertz CT molecular complexity index is 1930. The van der Waals surface area contributed by atoms with Gasteiger partial charge in [0.25, 0.3) is 0 Å². The van der Waals surface area contributed by atoms with Gasteiger partial charge in [-0.3, -0.25) is 0 Å². The molecule has 0 aromatic heterocycles. The average Bonchev–Trinajstić information content (AvgIpc) is 3.65. The molecule has 0 spiro atoms. The summed E-state index contributed by atoms with van der Waals surface area (Å²) in [6.07, 6.45) is 0. The normalized spacial score (nSPS) is 12.1. The fourth-order valence-corrected chi connectivity index (χ4v) is 10.8. The van der Waals surface area contributed by atoms with Crippen LogP contribution >= 0.6 is 7.92 Å². The zero-order valence-electron chi connectivity index (χ0n) is 25.4. The van der Waals surface area contributed by atoms with Gasteiger partial charge in [-0.2, -0.15) is 12.1 Å². The SMILES string of the molecule is CC(C)(C)P([c-]1cccc1-c1c2ccccc2cc2c1ccc1cc3ccccc3cc12)C(C)(C)C.[Fe].[cH-]1[cH-][cH-][cH-][cH-]1. The van der Waals surface area contributed by atoms with Crippen molar-refractivity contribution in [3.8, 4) is 11.1 Å². The van der Waals surface area contributed by atoms with Crippen molar-refractivity contribution in [3.05, 3.63) is 127 Å². The Hall–Kier alpha value is -3.21. The van der Waals surface area contributed by atoms with E-state index in [9.17, 15) is 0 Å². The molecule has 0 atom stereocenters. The monoisotopic (exact) mass is 606 g/mol. The molecule has 7 aromatic carbocycles. The Morgan fingerprint density at radius 3 is 1.64 bits per heavy atom. The van der Waals surface area contributed by atoms with Gasteiger partial charge >= 0.3 is 0 Å². The molecule has 0 amide bonds. The molecule has 0 heterocycles. The first-order valence-corrected chi connectivity index (χ1v) is 16.0. The van der Waals surface area contributed by atoms with Crippen LogP contribution in [0.15, 0.2) is 127 Å². The predicted molar refractivity (Wildman–Crippen MR) is 186 cm³/mol. The summed E-state index contributed by atoms with van der Waals surface area (Å²) in [5.74, 6) is 0. The minimum atomic E-state index is -0.414. The fraction of sp³-hybridized carbons (Fsp3) is 0.200. The van der Waals surface area contributed by atoms with E-state index in [1.807, 2.05) is 30.3 Å². The number of hydrogen-bond acceptors (Lipinski definition) is 0. The van der Waals surface area contributed by atoms with Crippen molar-refractivity contribution in [2.45, 2.75) is 51.9 Å². The van der Waals surface area contributed by atoms with E-state index in [0.29, 0.717) is 0 Å². The van der Waals surface area contributed by atoms with Gasteiger partial charge in [0.2, 0.25) is 0 Å². The molecule has 0 radical (unpaired) electrons. The van der Waals surface area contributed by atoms with Crippen LogP contribution in [0.4, 0.5) is 0 Å². The molecule has 0 saturated carbocycles. The minimum Gasteiger partial charge on any atom is -0.748 e. The van der Waals surface area contributed by atoms with Crippen molar-refractivity contribution in [1.82, 2.24) is 0 Å². The van der Waals surface area contributed by atoms with Gasteiger partial charge in [0.05, 0.1) is 0 Å². The van der Waals surface area contributed by atoms with E-state index in [0.717, 1.165) is 0 Å². The van der Waals surface area contributed by atoms with Crippen LogP contribution in [0.25, 0.3) is 54.2 Å². The molecule has 7 rings (SSSR count). The van der Waals surface area contributed by atoms with Crippen LogP contribution in [0.1, 0.15) is 41.5 Å². The third kappa shape index (κ3) is 5.72. The molecule has 0 unspecified atom stereocenters. The Labute approximate surface area is 262 Å². The number of rotatable bonds is 2. The molecule has 0 N–H and O–H groups in total. The van der Waals surface area contributed by atoms with Crippen molar-refractivity contribution < 1.29 is 17.1 Å². The summed E-state index contributed by atoms with van der Waals surface area (Å²) >= 11 is 0. The largest absolute Gasteiger partial charge is 0.748 e. The summed E-state index contributed by atoms with van der Waals surface area (Å²) in [5.41, 5.74) is 2.80. The van der Waals surface area contributed by atoms with Crippen LogP contribution in [0.3, 0.4) is 0 Å². The third-order valence-electron chi connectivity index (χ3n) is 7.93. The maximum atomic E-state index is 2.42. The van der Waals surface area contributed by atoms with Gasteiger partial charge in [0.1, 0.15) is 0 Å². The van der Waals surface area contributed by atoms with Crippen LogP contribution in [-0.2, 0) is 17.1 Å². The Kier molecular flexibility index (Phi) is 8.51. The van der Waals surface area contributed by atoms with E-state index in [-0.39, 0.29) is 27.4 Å². The minimum absolute atomic E-state index is 0. The fourth-order valence-electron chi connectivity index (χ4n) is 6.72. The van der Waals surface area contributed by atoms with Crippen molar-refractivity contribution in [3.63, 3.8) is 0 Å². The predicted octanol–water partition coefficient (Wildman–Crippen LogP) is 11.8. The van der Waals surface area contributed by atoms with Crippen LogP contribution in [0.5, 0.6) is 0 Å². The molecule has 42 heavy (non-hydrogen) atoms. The molecular formula is C40H39FeP-6. The van der Waals surface area contributed by atoms with Crippen LogP contribution in [0, 0.1) is 0 Å². The Morgan fingerprint density at radius 2 is 1.02 bits per heavy atom. The van der Waals surface area contributed by atoms with Crippen LogP contribution in [0.2, 0.25) is 0 Å². The van der Waals surface area contributed by atoms with Gasteiger partial charge in [0, 0.05) is 17.1 Å². The summed E-state index contributed by atoms with van der Waals surface area (Å²) in [7, 11) is -0.414. The van der Waals surface area contributed by atoms with Crippen molar-refractivity contribution in [1.29, 1.82) is 0 Å². The molecule has 0 aliphatic heterocycles. The van der Waals surface area contributed by atoms with E-state index >= 15 is 0 Å². The van der Waals surface area contributed by atoms with Gasteiger partial charge in [0.15, 0.2) is 0 Å². The molecule has 0 aliphatic rings. The van der Waals surface area contributed by atoms with E-state index in [4.69, 9.17) is 0 Å². The quantitative estimate of drug-likeness (QED) is 0.0604. The molecule has 0 fully saturated rings. The van der Waals surface area contributed by atoms with Gasteiger partial charge in [-0.05, 0) is 60.8 Å². The molecule has 0 nitrogen and oxygen atoms in total. The maximum absolute atomic E-state index is 2.42. The summed E-state index contributed by atoms with van der Waals surface area (Å²) < 4.78 is 0. The van der Waals surface area contributed by atoms with Crippen molar-refractivity contribution in [2.24, 2.45) is 0 Å². The molecule has 0 aliphatic carbocycles. The van der Waals surface area contributed by atoms with Gasteiger partial charge in [-0.25, -0.2) is 0 Å². The second kappa shape index (κ2) is 11.8. The first-order chi connectivity index (χ1) is 19.6. The average molecular weight is 607 g/mol. The number of hydrogen-bond donors (Lipinski definition) is 0. The van der Waals surface area contributed by atoms with E-state index in [2.05, 4.69) is 139 Å². The summed E-state index contributed by atoms with van der Waals surface area (Å²) in [4.78, 5) is 0. The van der Waals surface area contributed by atoms with Crippen molar-refractivity contribution >= 4 is 56.3 Å². The second-order valence-electron chi connectivity index (χ2n) is 13.0. The molecule has 218 valence electrons. The Balaban J connectivity index is 0.000000534. The third-order valence-corrected chi connectivity index (χ3v) is 11.5. The van der Waals surface area contributed by atoms with Gasteiger partial charge < -0.3 is 30.3 Å². The summed E-state index contributed by atoms with van der Waals surface area (Å²) in [6.45, 7) is 14.5. The Morgan fingerprint density at radius 1 is 0.500 bits per heavy atom. The molecule has 0 saturated heterocycles. The zero-order chi connectivity index (χ0) is 28.8. The number of benzene rings is 5. The standard InChI is InChI=1S/C35H34P.C5H5.Fe/c1-34(2,3)36(35(4,5)6)32-17-11-16-29(32)33-27-15-10-9-14-25(27)22-31-28(33)19-18-26-20-23-12-7-8-13-24(23)21-30(26)31;1-2-4-5-3-1;/h7-22H,1-6H3;1-5H;/q-1;-5;. The first-order valence-electron chi connectivity index (χ1n) is 14.6. The van der Waals surface area contributed by atoms with Crippen molar-refractivity contribution in [2.75, 3.05) is 0 Å². The van der Waals surface area contributed by atoms with Crippen LogP contribution < -0.4 is 5.30 Å². The smallest absolute Gasteiger partial charge is 0 e. The van der Waals surface area contributed by atoms with Gasteiger partial charge in [-0.1, -0.05) is 119 Å². The van der Waals surface area contributed by atoms with E-state index < -0.39 is 7.92 Å². The molecule has 7 aromatic rings. The van der Waals surface area contributed by atoms with Gasteiger partial charge in [-0.15, -0.1) is 24.9 Å². The molecule has 2 heteroatoms. The topological polar surface area (TPSA) is 0 Å². The maximum Gasteiger partial charge on any atom is 0 e. The summed E-state index contributed by atoms with van der Waals surface area (Å²) in [6, 6.07) is 46.5. The zero-order valence-corrected chi connectivity index (χ0v) is 27.4. The van der Waals surface area contributed by atoms with Crippen LogP contribution in [-0.4, -0.2) is 10.3 Å². The molecule has 0 bridgehead atoms. The number of fused-ring (bicyclic) bond motifs is 5. The molecular weight excluding hydrogens is 567 g/mol.